The largest absolute Gasteiger partial charge is 0.488 e. The van der Waals surface area contributed by atoms with Crippen LogP contribution in [-0.4, -0.2) is 60.7 Å². The molecule has 0 spiro atoms. The van der Waals surface area contributed by atoms with Gasteiger partial charge >= 0.3 is 0 Å². The number of hydrogen-bond acceptors (Lipinski definition) is 4. The van der Waals surface area contributed by atoms with E-state index in [0.717, 1.165) is 16.7 Å². The molecule has 0 radical (unpaired) electrons. The van der Waals surface area contributed by atoms with Crippen molar-refractivity contribution >= 4 is 22.7 Å². The minimum absolute atomic E-state index is 0.198. The Morgan fingerprint density at radius 1 is 1.13 bits per heavy atom. The number of ether oxygens (including phenoxy) is 2. The van der Waals surface area contributed by atoms with Crippen molar-refractivity contribution in [1.29, 1.82) is 0 Å². The third-order valence-electron chi connectivity index (χ3n) is 5.24. The Hall–Kier alpha value is -3.32. The third-order valence-corrected chi connectivity index (χ3v) is 5.24. The van der Waals surface area contributed by atoms with Gasteiger partial charge in [-0.05, 0) is 24.3 Å². The van der Waals surface area contributed by atoms with Crippen LogP contribution in [0, 0.1) is 0 Å². The zero-order valence-electron chi connectivity index (χ0n) is 16.8. The lowest BCUT2D eigenvalue weighted by atomic mass is 10.1. The van der Waals surface area contributed by atoms with Crippen molar-refractivity contribution in [3.05, 3.63) is 66.4 Å². The molecule has 7 heteroatoms. The van der Waals surface area contributed by atoms with Crippen LogP contribution < -0.4 is 10.1 Å². The van der Waals surface area contributed by atoms with Crippen LogP contribution in [0.25, 0.3) is 10.9 Å². The fourth-order valence-corrected chi connectivity index (χ4v) is 3.78. The maximum Gasteiger partial charge on any atom is 0.271 e. The molecular formula is C23H25N3O4. The van der Waals surface area contributed by atoms with Crippen LogP contribution in [0.3, 0.4) is 0 Å². The number of methoxy groups -OCH3 is 1. The summed E-state index contributed by atoms with van der Waals surface area (Å²) in [6.07, 6.45) is 0.165. The number of amides is 2. The third kappa shape index (κ3) is 4.31. The summed E-state index contributed by atoms with van der Waals surface area (Å²) >= 11 is 0. The highest BCUT2D eigenvalue weighted by atomic mass is 16.5. The fourth-order valence-electron chi connectivity index (χ4n) is 3.78. The van der Waals surface area contributed by atoms with Gasteiger partial charge in [-0.2, -0.15) is 0 Å². The molecule has 30 heavy (non-hydrogen) atoms. The Bertz CT molecular complexity index is 984. The van der Waals surface area contributed by atoms with Gasteiger partial charge in [0.25, 0.3) is 5.91 Å². The highest BCUT2D eigenvalue weighted by Gasteiger charge is 2.41. The zero-order chi connectivity index (χ0) is 20.9. The fraction of sp³-hybridized carbons (Fsp3) is 0.304. The van der Waals surface area contributed by atoms with Crippen molar-refractivity contribution < 1.29 is 19.1 Å². The van der Waals surface area contributed by atoms with Crippen LogP contribution in [-0.2, 0) is 9.53 Å². The standard InChI is InChI=1S/C23H25N3O4/c1-29-12-11-24-22(27)21-14-18(30-17-8-3-2-4-9-17)15-26(21)23(28)20-13-16-7-5-6-10-19(16)25-20/h2-10,13,18,21,25H,11-12,14-15H2,1H3,(H,24,27)/t18-,21-/m0/s1. The molecule has 1 saturated heterocycles. The van der Waals surface area contributed by atoms with E-state index in [9.17, 15) is 9.59 Å². The summed E-state index contributed by atoms with van der Waals surface area (Å²) in [5.74, 6) is 0.314. The number of aromatic amines is 1. The molecule has 0 saturated carbocycles. The summed E-state index contributed by atoms with van der Waals surface area (Å²) in [6, 6.07) is 18.4. The van der Waals surface area contributed by atoms with E-state index in [0.29, 0.717) is 31.8 Å². The number of carbonyl (C=O) groups is 2. The molecule has 1 fully saturated rings. The first kappa shape index (κ1) is 20.0. The van der Waals surface area contributed by atoms with Crippen LogP contribution in [0.1, 0.15) is 16.9 Å². The average Bonchev–Trinajstić information content (AvgIpc) is 3.38. The number of para-hydroxylation sites is 2. The van der Waals surface area contributed by atoms with Crippen LogP contribution in [0.15, 0.2) is 60.7 Å². The van der Waals surface area contributed by atoms with Crippen molar-refractivity contribution in [2.75, 3.05) is 26.8 Å². The van der Waals surface area contributed by atoms with Crippen molar-refractivity contribution in [3.63, 3.8) is 0 Å². The lowest BCUT2D eigenvalue weighted by molar-refractivity contribution is -0.125. The topological polar surface area (TPSA) is 83.7 Å². The zero-order valence-corrected chi connectivity index (χ0v) is 16.8. The molecule has 4 rings (SSSR count). The normalized spacial score (nSPS) is 18.5. The molecule has 156 valence electrons. The Labute approximate surface area is 175 Å². The average molecular weight is 407 g/mol. The van der Waals surface area contributed by atoms with Crippen LogP contribution >= 0.6 is 0 Å². The number of benzene rings is 2. The van der Waals surface area contributed by atoms with E-state index in [4.69, 9.17) is 9.47 Å². The van der Waals surface area contributed by atoms with Gasteiger partial charge in [-0.25, -0.2) is 0 Å². The highest BCUT2D eigenvalue weighted by molar-refractivity contribution is 6.00. The number of fused-ring (bicyclic) bond motifs is 1. The Balaban J connectivity index is 1.54. The number of rotatable bonds is 7. The maximum absolute atomic E-state index is 13.3. The van der Waals surface area contributed by atoms with Gasteiger partial charge in [0.1, 0.15) is 23.6 Å². The van der Waals surface area contributed by atoms with Crippen molar-refractivity contribution in [2.45, 2.75) is 18.6 Å². The molecule has 0 aliphatic carbocycles. The number of hydrogen-bond donors (Lipinski definition) is 2. The van der Waals surface area contributed by atoms with E-state index in [1.165, 1.54) is 0 Å². The van der Waals surface area contributed by atoms with Gasteiger partial charge in [0.2, 0.25) is 5.91 Å². The second-order valence-electron chi connectivity index (χ2n) is 7.32. The number of aromatic nitrogens is 1. The lowest BCUT2D eigenvalue weighted by Gasteiger charge is -2.23. The monoisotopic (exact) mass is 407 g/mol. The summed E-state index contributed by atoms with van der Waals surface area (Å²) in [7, 11) is 1.58. The molecule has 0 unspecified atom stereocenters. The number of H-pyrrole nitrogens is 1. The molecule has 2 N–H and O–H groups in total. The summed E-state index contributed by atoms with van der Waals surface area (Å²) < 4.78 is 11.1. The van der Waals surface area contributed by atoms with Gasteiger partial charge in [0.15, 0.2) is 0 Å². The first-order valence-electron chi connectivity index (χ1n) is 10.0. The van der Waals surface area contributed by atoms with E-state index >= 15 is 0 Å². The summed E-state index contributed by atoms with van der Waals surface area (Å²) in [4.78, 5) is 30.9. The molecule has 2 heterocycles. The highest BCUT2D eigenvalue weighted by Crippen LogP contribution is 2.26. The molecule has 2 amide bonds. The van der Waals surface area contributed by atoms with Crippen LogP contribution in [0.4, 0.5) is 0 Å². The number of likely N-dealkylation sites (tertiary alicyclic amines) is 1. The van der Waals surface area contributed by atoms with Gasteiger partial charge in [-0.15, -0.1) is 0 Å². The molecule has 2 atom stereocenters. The van der Waals surface area contributed by atoms with E-state index in [-0.39, 0.29) is 17.9 Å². The predicted octanol–water partition coefficient (Wildman–Crippen LogP) is 2.59. The van der Waals surface area contributed by atoms with Gasteiger partial charge < -0.3 is 24.7 Å². The lowest BCUT2D eigenvalue weighted by Crippen LogP contribution is -2.46. The molecule has 3 aromatic rings. The van der Waals surface area contributed by atoms with Gasteiger partial charge in [-0.1, -0.05) is 36.4 Å². The molecule has 0 bridgehead atoms. The molecule has 1 aliphatic rings. The smallest absolute Gasteiger partial charge is 0.271 e. The second kappa shape index (κ2) is 9.00. The van der Waals surface area contributed by atoms with E-state index in [1.807, 2.05) is 60.7 Å². The number of nitrogens with zero attached hydrogens (tertiary/aromatic N) is 1. The first-order valence-corrected chi connectivity index (χ1v) is 10.0. The summed E-state index contributed by atoms with van der Waals surface area (Å²) in [5.41, 5.74) is 1.35. The van der Waals surface area contributed by atoms with Crippen LogP contribution in [0.5, 0.6) is 5.75 Å². The maximum atomic E-state index is 13.3. The molecule has 1 aromatic heterocycles. The van der Waals surface area contributed by atoms with E-state index in [1.54, 1.807) is 12.0 Å². The predicted molar refractivity (Wildman–Crippen MR) is 113 cm³/mol. The molecule has 7 nitrogen and oxygen atoms in total. The summed E-state index contributed by atoms with van der Waals surface area (Å²) in [6.45, 7) is 1.15. The Morgan fingerprint density at radius 3 is 2.67 bits per heavy atom. The van der Waals surface area contributed by atoms with Crippen molar-refractivity contribution in [1.82, 2.24) is 15.2 Å². The SMILES string of the molecule is COCCNC(=O)[C@@H]1C[C@H](Oc2ccccc2)CN1C(=O)c1cc2ccccc2[nH]1. The van der Waals surface area contributed by atoms with Crippen molar-refractivity contribution in [3.8, 4) is 5.75 Å². The Kier molecular flexibility index (Phi) is 5.99. The Morgan fingerprint density at radius 2 is 1.90 bits per heavy atom. The minimum atomic E-state index is -0.602. The van der Waals surface area contributed by atoms with Crippen molar-refractivity contribution in [2.24, 2.45) is 0 Å². The van der Waals surface area contributed by atoms with E-state index in [2.05, 4.69) is 10.3 Å². The summed E-state index contributed by atoms with van der Waals surface area (Å²) in [5, 5.41) is 3.81. The molecule has 2 aromatic carbocycles. The van der Waals surface area contributed by atoms with E-state index < -0.39 is 6.04 Å². The van der Waals surface area contributed by atoms with Gasteiger partial charge in [0.05, 0.1) is 13.2 Å². The molecule has 1 aliphatic heterocycles. The molecular weight excluding hydrogens is 382 g/mol. The minimum Gasteiger partial charge on any atom is -0.488 e. The first-order chi connectivity index (χ1) is 14.7. The quantitative estimate of drug-likeness (QED) is 0.590. The second-order valence-corrected chi connectivity index (χ2v) is 7.32. The number of carbonyl (C=O) groups excluding carboxylic acids is 2. The van der Waals surface area contributed by atoms with Gasteiger partial charge in [-0.3, -0.25) is 9.59 Å². The number of nitrogens with one attached hydrogen (secondary N) is 2. The van der Waals surface area contributed by atoms with Gasteiger partial charge in [0, 0.05) is 31.0 Å². The van der Waals surface area contributed by atoms with Crippen LogP contribution in [0.2, 0.25) is 0 Å².